The molecule has 0 bridgehead atoms. The Morgan fingerprint density at radius 3 is 2.38 bits per heavy atom. The van der Waals surface area contributed by atoms with Crippen molar-refractivity contribution in [3.8, 4) is 0 Å². The Bertz CT molecular complexity index is 159. The van der Waals surface area contributed by atoms with E-state index in [2.05, 4.69) is 25.7 Å². The smallest absolute Gasteiger partial charge is 0.0690 e. The van der Waals surface area contributed by atoms with Crippen molar-refractivity contribution in [1.29, 1.82) is 0 Å². The number of aliphatic hydroxyl groups excluding tert-OH is 1. The van der Waals surface area contributed by atoms with Crippen molar-refractivity contribution < 1.29 is 5.11 Å². The molecule has 1 saturated heterocycles. The van der Waals surface area contributed by atoms with Crippen molar-refractivity contribution in [2.24, 2.45) is 5.92 Å². The highest BCUT2D eigenvalue weighted by atomic mass is 16.3. The maximum atomic E-state index is 9.59. The average molecular weight is 185 g/mol. The van der Waals surface area contributed by atoms with Gasteiger partial charge in [-0.05, 0) is 33.1 Å². The maximum absolute atomic E-state index is 9.59. The fourth-order valence-corrected chi connectivity index (χ4v) is 1.90. The zero-order valence-corrected chi connectivity index (χ0v) is 9.38. The van der Waals surface area contributed by atoms with Gasteiger partial charge in [-0.15, -0.1) is 0 Å². The molecule has 0 aromatic rings. The Hall–Kier alpha value is -0.0800. The van der Waals surface area contributed by atoms with E-state index in [0.29, 0.717) is 0 Å². The van der Waals surface area contributed by atoms with E-state index in [9.17, 15) is 5.11 Å². The van der Waals surface area contributed by atoms with Crippen LogP contribution in [0.1, 0.15) is 40.5 Å². The molecule has 0 spiro atoms. The summed E-state index contributed by atoms with van der Waals surface area (Å²) in [5.74, 6) is 0.878. The fraction of sp³-hybridized carbons (Fsp3) is 1.00. The van der Waals surface area contributed by atoms with Gasteiger partial charge in [0.15, 0.2) is 0 Å². The standard InChI is InChI=1S/C11H23NO/c1-5-6-10-7-12(8-10)11(3,4)9(2)13/h9-10,13H,5-8H2,1-4H3. The van der Waals surface area contributed by atoms with Gasteiger partial charge in [0.2, 0.25) is 0 Å². The molecule has 0 aliphatic carbocycles. The summed E-state index contributed by atoms with van der Waals surface area (Å²) in [6.45, 7) is 10.7. The van der Waals surface area contributed by atoms with Gasteiger partial charge in [0.1, 0.15) is 0 Å². The molecule has 1 rings (SSSR count). The van der Waals surface area contributed by atoms with E-state index in [1.807, 2.05) is 6.92 Å². The molecule has 13 heavy (non-hydrogen) atoms. The fourth-order valence-electron chi connectivity index (χ4n) is 1.90. The van der Waals surface area contributed by atoms with Crippen LogP contribution in [0.25, 0.3) is 0 Å². The van der Waals surface area contributed by atoms with Gasteiger partial charge in [-0.2, -0.15) is 0 Å². The summed E-state index contributed by atoms with van der Waals surface area (Å²) >= 11 is 0. The number of likely N-dealkylation sites (tertiary alicyclic amines) is 1. The largest absolute Gasteiger partial charge is 0.392 e. The second-order valence-corrected chi connectivity index (χ2v) is 4.89. The summed E-state index contributed by atoms with van der Waals surface area (Å²) in [4.78, 5) is 2.39. The Morgan fingerprint density at radius 2 is 2.00 bits per heavy atom. The Labute approximate surface area is 81.9 Å². The van der Waals surface area contributed by atoms with Gasteiger partial charge in [-0.1, -0.05) is 13.3 Å². The summed E-state index contributed by atoms with van der Waals surface area (Å²) in [5.41, 5.74) is -0.0375. The van der Waals surface area contributed by atoms with Crippen LogP contribution in [0.3, 0.4) is 0 Å². The minimum atomic E-state index is -0.241. The molecule has 1 unspecified atom stereocenters. The van der Waals surface area contributed by atoms with Crippen LogP contribution in [0.2, 0.25) is 0 Å². The Balaban J connectivity index is 2.34. The van der Waals surface area contributed by atoms with Gasteiger partial charge in [0.05, 0.1) is 6.10 Å². The van der Waals surface area contributed by atoms with Gasteiger partial charge < -0.3 is 5.11 Å². The van der Waals surface area contributed by atoms with Crippen LogP contribution in [0, 0.1) is 5.92 Å². The molecule has 1 N–H and O–H groups in total. The number of aliphatic hydroxyl groups is 1. The van der Waals surface area contributed by atoms with Crippen molar-refractivity contribution in [1.82, 2.24) is 4.90 Å². The Morgan fingerprint density at radius 1 is 1.46 bits per heavy atom. The van der Waals surface area contributed by atoms with Crippen LogP contribution in [0.4, 0.5) is 0 Å². The number of nitrogens with zero attached hydrogens (tertiary/aromatic N) is 1. The van der Waals surface area contributed by atoms with Crippen molar-refractivity contribution in [2.75, 3.05) is 13.1 Å². The highest BCUT2D eigenvalue weighted by molar-refractivity contribution is 4.94. The Kier molecular flexibility index (Phi) is 3.36. The molecule has 1 fully saturated rings. The van der Waals surface area contributed by atoms with Crippen molar-refractivity contribution in [3.63, 3.8) is 0 Å². The van der Waals surface area contributed by atoms with Crippen molar-refractivity contribution in [3.05, 3.63) is 0 Å². The lowest BCUT2D eigenvalue weighted by atomic mass is 9.86. The van der Waals surface area contributed by atoms with Crippen LogP contribution < -0.4 is 0 Å². The van der Waals surface area contributed by atoms with Crippen LogP contribution in [0.5, 0.6) is 0 Å². The van der Waals surface area contributed by atoms with Gasteiger partial charge in [-0.25, -0.2) is 0 Å². The van der Waals surface area contributed by atoms with E-state index < -0.39 is 0 Å². The molecule has 0 aromatic heterocycles. The van der Waals surface area contributed by atoms with Gasteiger partial charge in [0, 0.05) is 18.6 Å². The van der Waals surface area contributed by atoms with Crippen LogP contribution in [-0.4, -0.2) is 34.7 Å². The molecule has 0 saturated carbocycles. The van der Waals surface area contributed by atoms with E-state index in [4.69, 9.17) is 0 Å². The minimum Gasteiger partial charge on any atom is -0.392 e. The second-order valence-electron chi connectivity index (χ2n) is 4.89. The lowest BCUT2D eigenvalue weighted by Gasteiger charge is -2.50. The first kappa shape index (κ1) is 11.0. The molecular formula is C11H23NO. The van der Waals surface area contributed by atoms with Crippen LogP contribution in [-0.2, 0) is 0 Å². The monoisotopic (exact) mass is 185 g/mol. The van der Waals surface area contributed by atoms with E-state index in [0.717, 1.165) is 5.92 Å². The molecule has 0 aromatic carbocycles. The quantitative estimate of drug-likeness (QED) is 0.723. The minimum absolute atomic E-state index is 0.0375. The summed E-state index contributed by atoms with van der Waals surface area (Å²) in [5, 5.41) is 9.59. The summed E-state index contributed by atoms with van der Waals surface area (Å²) in [6.07, 6.45) is 2.38. The summed E-state index contributed by atoms with van der Waals surface area (Å²) in [6, 6.07) is 0. The van der Waals surface area contributed by atoms with E-state index >= 15 is 0 Å². The van der Waals surface area contributed by atoms with E-state index in [-0.39, 0.29) is 11.6 Å². The molecule has 0 radical (unpaired) electrons. The first-order valence-corrected chi connectivity index (χ1v) is 5.41. The first-order valence-electron chi connectivity index (χ1n) is 5.41. The molecule has 1 heterocycles. The SMILES string of the molecule is CCCC1CN(C(C)(C)C(C)O)C1. The van der Waals surface area contributed by atoms with E-state index in [1.54, 1.807) is 0 Å². The molecule has 0 amide bonds. The predicted octanol–water partition coefficient (Wildman–Crippen LogP) is 1.88. The molecule has 1 aliphatic rings. The van der Waals surface area contributed by atoms with Crippen molar-refractivity contribution in [2.45, 2.75) is 52.2 Å². The molecule has 2 nitrogen and oxygen atoms in total. The first-order chi connectivity index (χ1) is 5.98. The van der Waals surface area contributed by atoms with Gasteiger partial charge >= 0.3 is 0 Å². The molecule has 78 valence electrons. The molecule has 1 aliphatic heterocycles. The van der Waals surface area contributed by atoms with Gasteiger partial charge in [-0.3, -0.25) is 4.90 Å². The van der Waals surface area contributed by atoms with Gasteiger partial charge in [0.25, 0.3) is 0 Å². The third kappa shape index (κ3) is 2.23. The number of rotatable bonds is 4. The molecule has 2 heteroatoms. The lowest BCUT2D eigenvalue weighted by molar-refractivity contribution is -0.0631. The average Bonchev–Trinajstić information content (AvgIpc) is 1.95. The zero-order valence-electron chi connectivity index (χ0n) is 9.38. The maximum Gasteiger partial charge on any atom is 0.0690 e. The number of hydrogen-bond donors (Lipinski definition) is 1. The summed E-state index contributed by atoms with van der Waals surface area (Å²) < 4.78 is 0. The highest BCUT2D eigenvalue weighted by Crippen LogP contribution is 2.30. The highest BCUT2D eigenvalue weighted by Gasteiger charge is 2.39. The molecular weight excluding hydrogens is 162 g/mol. The summed E-state index contributed by atoms with van der Waals surface area (Å²) in [7, 11) is 0. The predicted molar refractivity (Wildman–Crippen MR) is 55.7 cm³/mol. The van der Waals surface area contributed by atoms with Crippen molar-refractivity contribution >= 4 is 0 Å². The zero-order chi connectivity index (χ0) is 10.1. The third-order valence-corrected chi connectivity index (χ3v) is 3.49. The second kappa shape index (κ2) is 3.97. The van der Waals surface area contributed by atoms with E-state index in [1.165, 1.54) is 25.9 Å². The van der Waals surface area contributed by atoms with Crippen LogP contribution >= 0.6 is 0 Å². The number of hydrogen-bond acceptors (Lipinski definition) is 2. The normalized spacial score (nSPS) is 22.8. The molecule has 1 atom stereocenters. The topological polar surface area (TPSA) is 23.5 Å². The van der Waals surface area contributed by atoms with Crippen LogP contribution in [0.15, 0.2) is 0 Å². The lowest BCUT2D eigenvalue weighted by Crippen LogP contribution is -2.61. The third-order valence-electron chi connectivity index (χ3n) is 3.49.